The molecule has 1 aromatic heterocycles. The Bertz CT molecular complexity index is 971. The minimum absolute atomic E-state index is 0.427. The van der Waals surface area contributed by atoms with E-state index in [9.17, 15) is 9.90 Å². The fourth-order valence-electron chi connectivity index (χ4n) is 3.45. The predicted molar refractivity (Wildman–Crippen MR) is 98.0 cm³/mol. The number of carbonyl (C=O) groups is 1. The molecule has 25 heavy (non-hydrogen) atoms. The second-order valence-corrected chi connectivity index (χ2v) is 6.79. The minimum Gasteiger partial charge on any atom is -0.478 e. The molecule has 3 aromatic rings. The molecule has 0 radical (unpaired) electrons. The maximum atomic E-state index is 11.4. The molecule has 0 bridgehead atoms. The van der Waals surface area contributed by atoms with Crippen LogP contribution < -0.4 is 0 Å². The summed E-state index contributed by atoms with van der Waals surface area (Å²) in [5, 5.41) is 11.1. The molecule has 0 atom stereocenters. The Morgan fingerprint density at radius 2 is 2.04 bits per heavy atom. The molecule has 5 heteroatoms. The zero-order valence-electron chi connectivity index (χ0n) is 13.6. The maximum Gasteiger partial charge on any atom is 0.335 e. The van der Waals surface area contributed by atoms with Gasteiger partial charge in [-0.2, -0.15) is 0 Å². The summed E-state index contributed by atoms with van der Waals surface area (Å²) in [6.07, 6.45) is 0.747. The highest BCUT2D eigenvalue weighted by atomic mass is 35.5. The molecule has 0 aliphatic carbocycles. The van der Waals surface area contributed by atoms with Gasteiger partial charge in [-0.3, -0.25) is 9.88 Å². The van der Waals surface area contributed by atoms with Gasteiger partial charge in [0.25, 0.3) is 0 Å². The number of benzene rings is 2. The summed E-state index contributed by atoms with van der Waals surface area (Å²) in [7, 11) is 0. The molecular formula is C20H17ClN2O2. The Labute approximate surface area is 150 Å². The third kappa shape index (κ3) is 3.23. The molecule has 1 N–H and O–H groups in total. The molecule has 0 spiro atoms. The van der Waals surface area contributed by atoms with Gasteiger partial charge >= 0.3 is 5.97 Å². The fourth-order valence-corrected chi connectivity index (χ4v) is 3.62. The number of fused-ring (bicyclic) bond motifs is 2. The molecule has 0 saturated carbocycles. The average molecular weight is 353 g/mol. The van der Waals surface area contributed by atoms with Gasteiger partial charge in [-0.05, 0) is 41.8 Å². The number of carboxylic acids is 1. The van der Waals surface area contributed by atoms with Gasteiger partial charge in [-0.25, -0.2) is 4.79 Å². The SMILES string of the molecule is O=C(O)c1cccc2c1CCN(Cc1ccc3ccc(Cl)cc3n1)C2. The van der Waals surface area contributed by atoms with E-state index in [4.69, 9.17) is 16.6 Å². The highest BCUT2D eigenvalue weighted by Crippen LogP contribution is 2.24. The van der Waals surface area contributed by atoms with Crippen LogP contribution in [-0.4, -0.2) is 27.5 Å². The van der Waals surface area contributed by atoms with Crippen LogP contribution in [0.25, 0.3) is 10.9 Å². The zero-order chi connectivity index (χ0) is 17.4. The number of hydrogen-bond acceptors (Lipinski definition) is 3. The number of hydrogen-bond donors (Lipinski definition) is 1. The Morgan fingerprint density at radius 1 is 1.20 bits per heavy atom. The summed E-state index contributed by atoms with van der Waals surface area (Å²) in [6, 6.07) is 15.3. The van der Waals surface area contributed by atoms with Crippen LogP contribution in [0.1, 0.15) is 27.2 Å². The Morgan fingerprint density at radius 3 is 2.88 bits per heavy atom. The van der Waals surface area contributed by atoms with Crippen molar-refractivity contribution in [2.24, 2.45) is 0 Å². The molecule has 1 aliphatic rings. The van der Waals surface area contributed by atoms with Gasteiger partial charge in [-0.1, -0.05) is 35.9 Å². The Balaban J connectivity index is 1.57. The molecule has 2 aromatic carbocycles. The number of rotatable bonds is 3. The molecule has 4 rings (SSSR count). The lowest BCUT2D eigenvalue weighted by atomic mass is 9.94. The van der Waals surface area contributed by atoms with Crippen LogP contribution in [0.2, 0.25) is 5.02 Å². The monoisotopic (exact) mass is 352 g/mol. The first-order chi connectivity index (χ1) is 12.1. The number of halogens is 1. The zero-order valence-corrected chi connectivity index (χ0v) is 14.3. The highest BCUT2D eigenvalue weighted by Gasteiger charge is 2.21. The summed E-state index contributed by atoms with van der Waals surface area (Å²) in [4.78, 5) is 18.4. The van der Waals surface area contributed by atoms with Crippen LogP contribution in [0.15, 0.2) is 48.5 Å². The Hall–Kier alpha value is -2.43. The molecule has 126 valence electrons. The van der Waals surface area contributed by atoms with Gasteiger partial charge in [0.1, 0.15) is 0 Å². The molecule has 0 saturated heterocycles. The molecule has 0 fully saturated rings. The third-order valence-corrected chi connectivity index (χ3v) is 4.91. The van der Waals surface area contributed by atoms with Crippen molar-refractivity contribution in [2.75, 3.05) is 6.54 Å². The van der Waals surface area contributed by atoms with E-state index >= 15 is 0 Å². The van der Waals surface area contributed by atoms with Crippen LogP contribution in [0, 0.1) is 0 Å². The summed E-state index contributed by atoms with van der Waals surface area (Å²) in [5.41, 5.74) is 4.37. The van der Waals surface area contributed by atoms with E-state index in [1.54, 1.807) is 6.07 Å². The Kier molecular flexibility index (Phi) is 4.15. The van der Waals surface area contributed by atoms with Crippen molar-refractivity contribution in [3.05, 3.63) is 75.9 Å². The van der Waals surface area contributed by atoms with Crippen molar-refractivity contribution in [1.29, 1.82) is 0 Å². The van der Waals surface area contributed by atoms with E-state index in [0.717, 1.165) is 53.8 Å². The summed E-state index contributed by atoms with van der Waals surface area (Å²) in [6.45, 7) is 2.30. The first kappa shape index (κ1) is 16.1. The van der Waals surface area contributed by atoms with E-state index in [2.05, 4.69) is 11.0 Å². The second kappa shape index (κ2) is 6.47. The second-order valence-electron chi connectivity index (χ2n) is 6.35. The lowest BCUT2D eigenvalue weighted by Crippen LogP contribution is -2.31. The van der Waals surface area contributed by atoms with Crippen LogP contribution in [0.3, 0.4) is 0 Å². The van der Waals surface area contributed by atoms with Crippen LogP contribution in [0.4, 0.5) is 0 Å². The van der Waals surface area contributed by atoms with Gasteiger partial charge in [0.2, 0.25) is 0 Å². The van der Waals surface area contributed by atoms with Crippen molar-refractivity contribution in [2.45, 2.75) is 19.5 Å². The number of aromatic nitrogens is 1. The average Bonchev–Trinajstić information content (AvgIpc) is 2.60. The number of pyridine rings is 1. The quantitative estimate of drug-likeness (QED) is 0.769. The normalized spacial score (nSPS) is 14.4. The maximum absolute atomic E-state index is 11.4. The topological polar surface area (TPSA) is 53.4 Å². The predicted octanol–water partition coefficient (Wildman–Crippen LogP) is 4.14. The van der Waals surface area contributed by atoms with Crippen molar-refractivity contribution in [1.82, 2.24) is 9.88 Å². The minimum atomic E-state index is -0.849. The van der Waals surface area contributed by atoms with Gasteiger partial charge in [-0.15, -0.1) is 0 Å². The standard InChI is InChI=1S/C20H17ClN2O2/c21-15-6-4-13-5-7-16(22-19(13)10-15)12-23-9-8-17-14(11-23)2-1-3-18(17)20(24)25/h1-7,10H,8-9,11-12H2,(H,24,25). The van der Waals surface area contributed by atoms with Gasteiger partial charge in [0.15, 0.2) is 0 Å². The molecule has 2 heterocycles. The lowest BCUT2D eigenvalue weighted by Gasteiger charge is -2.29. The van der Waals surface area contributed by atoms with Crippen molar-refractivity contribution >= 4 is 28.5 Å². The van der Waals surface area contributed by atoms with E-state index in [0.29, 0.717) is 10.6 Å². The molecular weight excluding hydrogens is 336 g/mol. The fraction of sp³-hybridized carbons (Fsp3) is 0.200. The smallest absolute Gasteiger partial charge is 0.335 e. The molecule has 1 aliphatic heterocycles. The molecule has 4 nitrogen and oxygen atoms in total. The molecule has 0 unspecified atom stereocenters. The summed E-state index contributed by atoms with van der Waals surface area (Å²) in [5.74, 6) is -0.849. The van der Waals surface area contributed by atoms with Crippen LogP contribution in [-0.2, 0) is 19.5 Å². The largest absolute Gasteiger partial charge is 0.478 e. The number of nitrogens with zero attached hydrogens (tertiary/aromatic N) is 2. The van der Waals surface area contributed by atoms with E-state index in [1.807, 2.05) is 36.4 Å². The lowest BCUT2D eigenvalue weighted by molar-refractivity contribution is 0.0694. The van der Waals surface area contributed by atoms with E-state index in [-0.39, 0.29) is 0 Å². The van der Waals surface area contributed by atoms with Gasteiger partial charge < -0.3 is 5.11 Å². The highest BCUT2D eigenvalue weighted by molar-refractivity contribution is 6.31. The molecule has 0 amide bonds. The van der Waals surface area contributed by atoms with Crippen molar-refractivity contribution in [3.63, 3.8) is 0 Å². The summed E-state index contributed by atoms with van der Waals surface area (Å²) < 4.78 is 0. The van der Waals surface area contributed by atoms with Crippen LogP contribution in [0.5, 0.6) is 0 Å². The number of carboxylic acid groups (broad SMARTS) is 1. The van der Waals surface area contributed by atoms with Crippen molar-refractivity contribution in [3.8, 4) is 0 Å². The first-order valence-corrected chi connectivity index (χ1v) is 8.59. The van der Waals surface area contributed by atoms with Gasteiger partial charge in [0, 0.05) is 30.0 Å². The first-order valence-electron chi connectivity index (χ1n) is 8.22. The van der Waals surface area contributed by atoms with E-state index in [1.165, 1.54) is 0 Å². The third-order valence-electron chi connectivity index (χ3n) is 4.67. The van der Waals surface area contributed by atoms with Crippen molar-refractivity contribution < 1.29 is 9.90 Å². The summed E-state index contributed by atoms with van der Waals surface area (Å²) >= 11 is 6.06. The number of aromatic carboxylic acids is 1. The van der Waals surface area contributed by atoms with Gasteiger partial charge in [0.05, 0.1) is 16.8 Å². The van der Waals surface area contributed by atoms with E-state index < -0.39 is 5.97 Å². The van der Waals surface area contributed by atoms with Crippen LogP contribution >= 0.6 is 11.6 Å².